The van der Waals surface area contributed by atoms with Crippen molar-refractivity contribution in [3.05, 3.63) is 22.3 Å². The normalized spacial score (nSPS) is 12.6. The van der Waals surface area contributed by atoms with E-state index >= 15 is 0 Å². The van der Waals surface area contributed by atoms with Crippen molar-refractivity contribution in [3.8, 4) is 0 Å². The summed E-state index contributed by atoms with van der Waals surface area (Å²) in [5, 5.41) is 12.6. The second-order valence-electron chi connectivity index (χ2n) is 4.33. The molecule has 0 aliphatic heterocycles. The molecule has 0 saturated heterocycles. The minimum Gasteiger partial charge on any atom is -0.388 e. The molecule has 1 heterocycles. The molecule has 1 rings (SSSR count). The van der Waals surface area contributed by atoms with E-state index in [0.29, 0.717) is 12.8 Å². The number of nitrogens with zero attached hydrogens (tertiary/aromatic N) is 1. The van der Waals surface area contributed by atoms with Gasteiger partial charge in [-0.3, -0.25) is 0 Å². The van der Waals surface area contributed by atoms with Crippen molar-refractivity contribution in [1.29, 1.82) is 0 Å². The third-order valence-corrected chi connectivity index (χ3v) is 3.49. The Morgan fingerprint density at radius 1 is 1.32 bits per heavy atom. The third-order valence-electron chi connectivity index (χ3n) is 3.06. The van der Waals surface area contributed by atoms with Crippen LogP contribution in [0.3, 0.4) is 0 Å². The highest BCUT2D eigenvalue weighted by atomic mass is 79.9. The van der Waals surface area contributed by atoms with Gasteiger partial charge in [-0.2, -0.15) is 13.2 Å². The van der Waals surface area contributed by atoms with E-state index in [2.05, 4.69) is 26.2 Å². The minimum atomic E-state index is -4.49. The van der Waals surface area contributed by atoms with Gasteiger partial charge in [0.2, 0.25) is 0 Å². The first kappa shape index (κ1) is 16.2. The Labute approximate surface area is 118 Å². The van der Waals surface area contributed by atoms with Crippen molar-refractivity contribution in [2.75, 3.05) is 11.9 Å². The molecular weight excluding hydrogens is 325 g/mol. The van der Waals surface area contributed by atoms with Gasteiger partial charge in [-0.05, 0) is 34.8 Å². The monoisotopic (exact) mass is 340 g/mol. The van der Waals surface area contributed by atoms with E-state index in [1.165, 1.54) is 6.20 Å². The van der Waals surface area contributed by atoms with Gasteiger partial charge in [0.15, 0.2) is 0 Å². The molecule has 1 aromatic heterocycles. The molecule has 3 nitrogen and oxygen atoms in total. The Bertz CT molecular complexity index is 433. The highest BCUT2D eigenvalue weighted by Gasteiger charge is 2.35. The van der Waals surface area contributed by atoms with Crippen molar-refractivity contribution in [2.24, 2.45) is 0 Å². The SMILES string of the molecule is CCC(O)(CC)CNc1ncc(Br)cc1C(F)(F)F. The van der Waals surface area contributed by atoms with Crippen molar-refractivity contribution in [2.45, 2.75) is 38.5 Å². The highest BCUT2D eigenvalue weighted by Crippen LogP contribution is 2.35. The Morgan fingerprint density at radius 2 is 1.89 bits per heavy atom. The summed E-state index contributed by atoms with van der Waals surface area (Å²) in [7, 11) is 0. The lowest BCUT2D eigenvalue weighted by Crippen LogP contribution is -2.36. The first-order valence-corrected chi connectivity index (χ1v) is 6.70. The van der Waals surface area contributed by atoms with Crippen LogP contribution in [0.1, 0.15) is 32.3 Å². The molecule has 0 saturated carbocycles. The number of alkyl halides is 3. The van der Waals surface area contributed by atoms with E-state index in [0.717, 1.165) is 6.07 Å². The standard InChI is InChI=1S/C12H16BrF3N2O/c1-3-11(19,4-2)7-18-10-9(12(14,15)16)5-8(13)6-17-10/h5-6,19H,3-4,7H2,1-2H3,(H,17,18). The van der Waals surface area contributed by atoms with Crippen LogP contribution >= 0.6 is 15.9 Å². The van der Waals surface area contributed by atoms with Gasteiger partial charge in [-0.15, -0.1) is 0 Å². The molecule has 0 atom stereocenters. The largest absolute Gasteiger partial charge is 0.419 e. The smallest absolute Gasteiger partial charge is 0.388 e. The average Bonchev–Trinajstić information content (AvgIpc) is 2.36. The van der Waals surface area contributed by atoms with Crippen LogP contribution in [0.4, 0.5) is 19.0 Å². The van der Waals surface area contributed by atoms with Crippen LogP contribution in [0.2, 0.25) is 0 Å². The molecule has 2 N–H and O–H groups in total. The second-order valence-corrected chi connectivity index (χ2v) is 5.25. The number of nitrogens with one attached hydrogen (secondary N) is 1. The van der Waals surface area contributed by atoms with Gasteiger partial charge in [0.05, 0.1) is 11.2 Å². The fraction of sp³-hybridized carbons (Fsp3) is 0.583. The minimum absolute atomic E-state index is 0.0255. The zero-order valence-electron chi connectivity index (χ0n) is 10.7. The molecule has 0 bridgehead atoms. The molecule has 0 aliphatic rings. The maximum Gasteiger partial charge on any atom is 0.419 e. The van der Waals surface area contributed by atoms with Crippen LogP contribution in [0.5, 0.6) is 0 Å². The first-order valence-electron chi connectivity index (χ1n) is 5.91. The molecule has 7 heteroatoms. The molecule has 19 heavy (non-hydrogen) atoms. The Balaban J connectivity index is 2.96. The van der Waals surface area contributed by atoms with Gasteiger partial charge in [-0.1, -0.05) is 13.8 Å². The van der Waals surface area contributed by atoms with E-state index in [9.17, 15) is 18.3 Å². The Kier molecular flexibility index (Phi) is 5.20. The fourth-order valence-corrected chi connectivity index (χ4v) is 1.88. The topological polar surface area (TPSA) is 45.1 Å². The van der Waals surface area contributed by atoms with Crippen molar-refractivity contribution < 1.29 is 18.3 Å². The van der Waals surface area contributed by atoms with Crippen molar-refractivity contribution >= 4 is 21.7 Å². The van der Waals surface area contributed by atoms with Crippen molar-refractivity contribution in [3.63, 3.8) is 0 Å². The second kappa shape index (κ2) is 6.09. The fourth-order valence-electron chi connectivity index (χ4n) is 1.54. The van der Waals surface area contributed by atoms with Crippen molar-refractivity contribution in [1.82, 2.24) is 4.98 Å². The van der Waals surface area contributed by atoms with Gasteiger partial charge in [-0.25, -0.2) is 4.98 Å². The highest BCUT2D eigenvalue weighted by molar-refractivity contribution is 9.10. The Morgan fingerprint density at radius 3 is 2.37 bits per heavy atom. The molecule has 108 valence electrons. The van der Waals surface area contributed by atoms with Gasteiger partial charge >= 0.3 is 6.18 Å². The van der Waals surface area contributed by atoms with Crippen LogP contribution in [0.15, 0.2) is 16.7 Å². The lowest BCUT2D eigenvalue weighted by Gasteiger charge is -2.26. The summed E-state index contributed by atoms with van der Waals surface area (Å²) in [5.41, 5.74) is -1.88. The van der Waals surface area contributed by atoms with E-state index in [1.807, 2.05) is 0 Å². The van der Waals surface area contributed by atoms with E-state index < -0.39 is 17.3 Å². The lowest BCUT2D eigenvalue weighted by atomic mass is 9.97. The summed E-state index contributed by atoms with van der Waals surface area (Å²) in [6.45, 7) is 3.59. The number of aliphatic hydroxyl groups is 1. The van der Waals surface area contributed by atoms with Crippen LogP contribution in [-0.2, 0) is 6.18 Å². The summed E-state index contributed by atoms with van der Waals surface area (Å²) in [4.78, 5) is 3.73. The van der Waals surface area contributed by atoms with Crippen LogP contribution in [0, 0.1) is 0 Å². The number of aromatic nitrogens is 1. The molecule has 0 fully saturated rings. The number of hydrogen-bond acceptors (Lipinski definition) is 3. The number of rotatable bonds is 5. The zero-order chi connectivity index (χ0) is 14.7. The van der Waals surface area contributed by atoms with E-state index in [1.54, 1.807) is 13.8 Å². The van der Waals surface area contributed by atoms with Gasteiger partial charge < -0.3 is 10.4 Å². The third kappa shape index (κ3) is 4.35. The molecule has 0 spiro atoms. The quantitative estimate of drug-likeness (QED) is 0.856. The van der Waals surface area contributed by atoms with Gasteiger partial charge in [0, 0.05) is 17.2 Å². The summed E-state index contributed by atoms with van der Waals surface area (Å²) < 4.78 is 38.8. The predicted molar refractivity (Wildman–Crippen MR) is 71.0 cm³/mol. The van der Waals surface area contributed by atoms with E-state index in [-0.39, 0.29) is 16.8 Å². The summed E-state index contributed by atoms with van der Waals surface area (Å²) in [6.07, 6.45) is -2.30. The lowest BCUT2D eigenvalue weighted by molar-refractivity contribution is -0.137. The number of hydrogen-bond donors (Lipinski definition) is 2. The molecular formula is C12H16BrF3N2O. The van der Waals surface area contributed by atoms with Gasteiger partial charge in [0.25, 0.3) is 0 Å². The molecule has 0 radical (unpaired) electrons. The zero-order valence-corrected chi connectivity index (χ0v) is 12.3. The maximum absolute atomic E-state index is 12.8. The molecule has 0 aliphatic carbocycles. The molecule has 1 aromatic rings. The van der Waals surface area contributed by atoms with Crippen LogP contribution in [-0.4, -0.2) is 22.2 Å². The maximum atomic E-state index is 12.8. The summed E-state index contributed by atoms with van der Waals surface area (Å²) in [6, 6.07) is 0.965. The van der Waals surface area contributed by atoms with Crippen LogP contribution in [0.25, 0.3) is 0 Å². The molecule has 0 aromatic carbocycles. The number of pyridine rings is 1. The summed E-state index contributed by atoms with van der Waals surface area (Å²) in [5.74, 6) is -0.268. The predicted octanol–water partition coefficient (Wildman–Crippen LogP) is 3.83. The average molecular weight is 341 g/mol. The summed E-state index contributed by atoms with van der Waals surface area (Å²) >= 11 is 2.97. The Hall–Kier alpha value is -0.820. The van der Waals surface area contributed by atoms with Crippen LogP contribution < -0.4 is 5.32 Å². The molecule has 0 amide bonds. The van der Waals surface area contributed by atoms with Gasteiger partial charge in [0.1, 0.15) is 5.82 Å². The first-order chi connectivity index (χ1) is 8.72. The van der Waals surface area contributed by atoms with E-state index in [4.69, 9.17) is 0 Å². The number of halogens is 4. The number of anilines is 1. The molecule has 0 unspecified atom stereocenters.